The zero-order chi connectivity index (χ0) is 33.0. The predicted molar refractivity (Wildman–Crippen MR) is 207 cm³/mol. The van der Waals surface area contributed by atoms with Crippen molar-refractivity contribution >= 4 is 49.6 Å². The van der Waals surface area contributed by atoms with Gasteiger partial charge in [0.15, 0.2) is 0 Å². The lowest BCUT2D eigenvalue weighted by atomic mass is 10.1. The second-order valence-corrected chi connectivity index (χ2v) is 12.6. The second kappa shape index (κ2) is 11.5. The molecule has 0 bridgehead atoms. The molecule has 9 aromatic rings. The van der Waals surface area contributed by atoms with Gasteiger partial charge in [-0.3, -0.25) is 9.13 Å². The highest BCUT2D eigenvalue weighted by Crippen LogP contribution is 2.40. The van der Waals surface area contributed by atoms with Crippen molar-refractivity contribution in [2.75, 3.05) is 0 Å². The van der Waals surface area contributed by atoms with Gasteiger partial charge in [0.05, 0.1) is 38.8 Å². The van der Waals surface area contributed by atoms with Gasteiger partial charge in [0.1, 0.15) is 11.6 Å². The first-order valence-corrected chi connectivity index (χ1v) is 17.0. The molecule has 0 fully saturated rings. The van der Waals surface area contributed by atoms with Crippen molar-refractivity contribution in [1.29, 1.82) is 0 Å². The first-order chi connectivity index (χ1) is 24.8. The number of para-hydroxylation sites is 7. The first kappa shape index (κ1) is 28.3. The maximum Gasteiger partial charge on any atom is 0.147 e. The molecule has 1 aliphatic rings. The van der Waals surface area contributed by atoms with Gasteiger partial charge in [-0.25, -0.2) is 9.97 Å². The summed E-state index contributed by atoms with van der Waals surface area (Å²) < 4.78 is 6.96. The number of allylic oxidation sites excluding steroid dienone is 6. The van der Waals surface area contributed by atoms with Crippen LogP contribution in [0.2, 0.25) is 0 Å². The summed E-state index contributed by atoms with van der Waals surface area (Å²) in [5.41, 5.74) is 11.5. The topological polar surface area (TPSA) is 40.6 Å². The largest absolute Gasteiger partial charge is 0.309 e. The molecule has 0 spiro atoms. The SMILES string of the molecule is C1=CCC=CC(n2c(-c3cc(-c4nc5ccccc5n4-c4ccccc4)ccc3-n3c4ccccc4c4ccccc43)nc3ccccc32)=C1. The van der Waals surface area contributed by atoms with Crippen LogP contribution in [0, 0.1) is 0 Å². The van der Waals surface area contributed by atoms with Gasteiger partial charge in [-0.15, -0.1) is 0 Å². The highest BCUT2D eigenvalue weighted by atomic mass is 15.1. The number of nitrogens with zero attached hydrogens (tertiary/aromatic N) is 5. The van der Waals surface area contributed by atoms with Gasteiger partial charge in [-0.1, -0.05) is 97.1 Å². The van der Waals surface area contributed by atoms with Crippen LogP contribution in [0.5, 0.6) is 0 Å². The molecular formula is C45H31N5. The molecule has 0 atom stereocenters. The lowest BCUT2D eigenvalue weighted by Crippen LogP contribution is -2.04. The Bertz CT molecular complexity index is 2790. The molecule has 50 heavy (non-hydrogen) atoms. The molecule has 0 radical (unpaired) electrons. The molecule has 6 aromatic carbocycles. The lowest BCUT2D eigenvalue weighted by molar-refractivity contribution is 1.09. The molecule has 3 aromatic heterocycles. The van der Waals surface area contributed by atoms with Crippen molar-refractivity contribution in [3.63, 3.8) is 0 Å². The Labute approximate surface area is 289 Å². The minimum Gasteiger partial charge on any atom is -0.309 e. The van der Waals surface area contributed by atoms with E-state index in [1.54, 1.807) is 0 Å². The minimum atomic E-state index is 0.874. The molecule has 1 aliphatic carbocycles. The average molecular weight is 642 g/mol. The molecule has 0 saturated carbocycles. The zero-order valence-electron chi connectivity index (χ0n) is 27.2. The normalized spacial score (nSPS) is 13.1. The Morgan fingerprint density at radius 1 is 0.480 bits per heavy atom. The maximum atomic E-state index is 5.40. The Balaban J connectivity index is 1.33. The summed E-state index contributed by atoms with van der Waals surface area (Å²) in [4.78, 5) is 10.7. The fraction of sp³-hybridized carbons (Fsp3) is 0.0222. The van der Waals surface area contributed by atoms with Gasteiger partial charge in [-0.05, 0) is 85.3 Å². The fourth-order valence-electron chi connectivity index (χ4n) is 7.47. The quantitative estimate of drug-likeness (QED) is 0.188. The van der Waals surface area contributed by atoms with E-state index in [0.29, 0.717) is 0 Å². The summed E-state index contributed by atoms with van der Waals surface area (Å²) in [6, 6.07) is 51.4. The molecule has 3 heterocycles. The van der Waals surface area contributed by atoms with E-state index in [9.17, 15) is 0 Å². The molecule has 0 unspecified atom stereocenters. The molecule has 0 amide bonds. The summed E-state index contributed by atoms with van der Waals surface area (Å²) in [6.07, 6.45) is 11.8. The standard InChI is InChI=1S/C45H31N5/c1-2-5-17-33(16-4-1)49-43-27-15-11-23-38(43)47-45(49)36-30-31(44-46-37-22-10-14-26-42(37)48(44)32-18-6-3-7-19-32)28-29-41(36)50-39-24-12-8-20-34(39)35-21-9-13-25-40(35)50/h1,3-30H,2H2. The number of hydrogen-bond acceptors (Lipinski definition) is 2. The van der Waals surface area contributed by atoms with Gasteiger partial charge >= 0.3 is 0 Å². The van der Waals surface area contributed by atoms with Crippen molar-refractivity contribution in [2.24, 2.45) is 0 Å². The van der Waals surface area contributed by atoms with Crippen LogP contribution < -0.4 is 0 Å². The van der Waals surface area contributed by atoms with Crippen LogP contribution in [0.4, 0.5) is 0 Å². The van der Waals surface area contributed by atoms with Gasteiger partial charge in [0.25, 0.3) is 0 Å². The summed E-state index contributed by atoms with van der Waals surface area (Å²) >= 11 is 0. The van der Waals surface area contributed by atoms with Crippen LogP contribution in [0.1, 0.15) is 6.42 Å². The summed E-state index contributed by atoms with van der Waals surface area (Å²) in [6.45, 7) is 0. The average Bonchev–Trinajstić information content (AvgIpc) is 3.78. The van der Waals surface area contributed by atoms with Crippen LogP contribution in [-0.2, 0) is 0 Å². The van der Waals surface area contributed by atoms with Crippen molar-refractivity contribution in [3.05, 3.63) is 176 Å². The van der Waals surface area contributed by atoms with Gasteiger partial charge < -0.3 is 4.57 Å². The van der Waals surface area contributed by atoms with Crippen LogP contribution in [0.25, 0.3) is 83.7 Å². The number of aromatic nitrogens is 5. The van der Waals surface area contributed by atoms with E-state index >= 15 is 0 Å². The highest BCUT2D eigenvalue weighted by molar-refractivity contribution is 6.10. The fourth-order valence-corrected chi connectivity index (χ4v) is 7.47. The van der Waals surface area contributed by atoms with Gasteiger partial charge in [0.2, 0.25) is 0 Å². The molecule has 0 N–H and O–H groups in total. The van der Waals surface area contributed by atoms with E-state index in [1.807, 2.05) is 0 Å². The Kier molecular flexibility index (Phi) is 6.49. The summed E-state index contributed by atoms with van der Waals surface area (Å²) in [7, 11) is 0. The number of rotatable bonds is 5. The van der Waals surface area contributed by atoms with E-state index in [-0.39, 0.29) is 0 Å². The molecule has 0 saturated heterocycles. The van der Waals surface area contributed by atoms with Crippen LogP contribution in [-0.4, -0.2) is 23.7 Å². The zero-order valence-corrected chi connectivity index (χ0v) is 27.2. The minimum absolute atomic E-state index is 0.874. The molecule has 5 heteroatoms. The smallest absolute Gasteiger partial charge is 0.147 e. The summed E-state index contributed by atoms with van der Waals surface area (Å²) in [5, 5.41) is 2.44. The first-order valence-electron chi connectivity index (χ1n) is 17.0. The van der Waals surface area contributed by atoms with Crippen molar-refractivity contribution in [2.45, 2.75) is 6.42 Å². The van der Waals surface area contributed by atoms with Crippen LogP contribution in [0.3, 0.4) is 0 Å². The van der Waals surface area contributed by atoms with E-state index in [0.717, 1.165) is 79.4 Å². The third-order valence-corrected chi connectivity index (χ3v) is 9.67. The van der Waals surface area contributed by atoms with E-state index in [1.165, 1.54) is 10.8 Å². The van der Waals surface area contributed by atoms with Crippen molar-refractivity contribution < 1.29 is 0 Å². The van der Waals surface area contributed by atoms with E-state index < -0.39 is 0 Å². The Hall–Kier alpha value is -6.72. The predicted octanol–water partition coefficient (Wildman–Crippen LogP) is 11.2. The third kappa shape index (κ3) is 4.41. The number of imidazole rings is 2. The van der Waals surface area contributed by atoms with Gasteiger partial charge in [-0.2, -0.15) is 0 Å². The van der Waals surface area contributed by atoms with Crippen molar-refractivity contribution in [1.82, 2.24) is 23.7 Å². The molecule has 10 rings (SSSR count). The lowest BCUT2D eigenvalue weighted by Gasteiger charge is -2.18. The summed E-state index contributed by atoms with van der Waals surface area (Å²) in [5.74, 6) is 1.75. The van der Waals surface area contributed by atoms with E-state index in [4.69, 9.17) is 9.97 Å². The van der Waals surface area contributed by atoms with Crippen LogP contribution in [0.15, 0.2) is 176 Å². The molecule has 5 nitrogen and oxygen atoms in total. The number of benzene rings is 6. The monoisotopic (exact) mass is 641 g/mol. The molecule has 0 aliphatic heterocycles. The third-order valence-electron chi connectivity index (χ3n) is 9.67. The van der Waals surface area contributed by atoms with Crippen LogP contribution >= 0.6 is 0 Å². The second-order valence-electron chi connectivity index (χ2n) is 12.6. The van der Waals surface area contributed by atoms with Gasteiger partial charge in [0, 0.05) is 33.3 Å². The van der Waals surface area contributed by atoms with E-state index in [2.05, 4.69) is 190 Å². The molecule has 236 valence electrons. The maximum absolute atomic E-state index is 5.40. The molecular weight excluding hydrogens is 611 g/mol. The Morgan fingerprint density at radius 2 is 1.08 bits per heavy atom. The number of hydrogen-bond donors (Lipinski definition) is 0. The van der Waals surface area contributed by atoms with Crippen molar-refractivity contribution in [3.8, 4) is 34.2 Å². The Morgan fingerprint density at radius 3 is 1.80 bits per heavy atom. The number of fused-ring (bicyclic) bond motifs is 5. The highest BCUT2D eigenvalue weighted by Gasteiger charge is 2.23.